The maximum Gasteiger partial charge on any atom is 0.243 e. The fourth-order valence-electron chi connectivity index (χ4n) is 3.99. The van der Waals surface area contributed by atoms with E-state index in [0.29, 0.717) is 43.8 Å². The van der Waals surface area contributed by atoms with E-state index in [9.17, 15) is 13.2 Å². The van der Waals surface area contributed by atoms with Crippen LogP contribution in [0.15, 0.2) is 39.6 Å². The van der Waals surface area contributed by atoms with Crippen LogP contribution in [0.5, 0.6) is 0 Å². The number of carbonyl (C=O) groups excluding carboxylic acids is 1. The van der Waals surface area contributed by atoms with Crippen LogP contribution in [0.3, 0.4) is 0 Å². The number of rotatable bonds is 7. The first-order valence-electron chi connectivity index (χ1n) is 11.0. The van der Waals surface area contributed by atoms with E-state index in [1.807, 2.05) is 23.7 Å². The summed E-state index contributed by atoms with van der Waals surface area (Å²) in [5.41, 5.74) is 1.38. The summed E-state index contributed by atoms with van der Waals surface area (Å²) >= 11 is 0. The molecule has 0 aliphatic carbocycles. The molecular weight excluding hydrogens is 430 g/mol. The Balaban J connectivity index is 1.39. The number of hydrogen-bond donors (Lipinski definition) is 1. The number of amides is 1. The number of aromatic nitrogens is 3. The Kier molecular flexibility index (Phi) is 6.34. The van der Waals surface area contributed by atoms with Gasteiger partial charge in [0.2, 0.25) is 15.9 Å². The summed E-state index contributed by atoms with van der Waals surface area (Å²) in [4.78, 5) is 12.7. The molecule has 3 aromatic rings. The first-order chi connectivity index (χ1) is 15.3. The van der Waals surface area contributed by atoms with Crippen molar-refractivity contribution in [1.29, 1.82) is 0 Å². The number of fused-ring (bicyclic) bond motifs is 1. The first-order valence-corrected chi connectivity index (χ1v) is 12.4. The van der Waals surface area contributed by atoms with Crippen LogP contribution in [0.2, 0.25) is 0 Å². The van der Waals surface area contributed by atoms with Crippen molar-refractivity contribution in [2.24, 2.45) is 5.92 Å². The Morgan fingerprint density at radius 3 is 2.66 bits per heavy atom. The summed E-state index contributed by atoms with van der Waals surface area (Å²) in [6.07, 6.45) is 1.87. The van der Waals surface area contributed by atoms with Crippen molar-refractivity contribution in [3.63, 3.8) is 0 Å². The maximum absolute atomic E-state index is 13.2. The third-order valence-electron chi connectivity index (χ3n) is 6.15. The van der Waals surface area contributed by atoms with E-state index in [4.69, 9.17) is 4.42 Å². The molecule has 1 amide bonds. The smallest absolute Gasteiger partial charge is 0.243 e. The molecule has 0 saturated carbocycles. The van der Waals surface area contributed by atoms with Crippen LogP contribution < -0.4 is 5.32 Å². The molecule has 0 bridgehead atoms. The molecule has 1 saturated heterocycles. The molecule has 1 fully saturated rings. The van der Waals surface area contributed by atoms with Gasteiger partial charge in [-0.25, -0.2) is 13.1 Å². The number of sulfonamides is 1. The summed E-state index contributed by atoms with van der Waals surface area (Å²) in [7, 11) is -3.66. The van der Waals surface area contributed by atoms with E-state index >= 15 is 0 Å². The molecule has 1 unspecified atom stereocenters. The number of nitrogens with one attached hydrogen (secondary N) is 1. The molecular formula is C22H29N5O4S. The highest BCUT2D eigenvalue weighted by molar-refractivity contribution is 7.89. The van der Waals surface area contributed by atoms with Gasteiger partial charge in [-0.3, -0.25) is 4.79 Å². The third-order valence-corrected chi connectivity index (χ3v) is 8.04. The molecule has 2 aromatic heterocycles. The average Bonchev–Trinajstić information content (AvgIpc) is 3.42. The summed E-state index contributed by atoms with van der Waals surface area (Å²) in [6, 6.07) is 8.84. The summed E-state index contributed by atoms with van der Waals surface area (Å²) in [5, 5.41) is 11.2. The van der Waals surface area contributed by atoms with Crippen molar-refractivity contribution in [3.05, 3.63) is 41.9 Å². The normalized spacial score (nSPS) is 17.0. The molecule has 4 rings (SSSR count). The van der Waals surface area contributed by atoms with Gasteiger partial charge in [-0.2, -0.15) is 4.31 Å². The summed E-state index contributed by atoms with van der Waals surface area (Å²) < 4.78 is 35.1. The van der Waals surface area contributed by atoms with Gasteiger partial charge in [0.15, 0.2) is 0 Å². The van der Waals surface area contributed by atoms with Gasteiger partial charge >= 0.3 is 0 Å². The number of piperidine rings is 1. The lowest BCUT2D eigenvalue weighted by Gasteiger charge is -2.30. The molecule has 1 aliphatic heterocycles. The lowest BCUT2D eigenvalue weighted by atomic mass is 9.97. The molecule has 1 aromatic carbocycles. The number of hydrogen-bond acceptors (Lipinski definition) is 6. The maximum atomic E-state index is 13.2. The third kappa shape index (κ3) is 4.42. The second-order valence-electron chi connectivity index (χ2n) is 8.35. The number of nitrogens with zero attached hydrogens (tertiary/aromatic N) is 4. The second-order valence-corrected chi connectivity index (χ2v) is 10.3. The lowest BCUT2D eigenvalue weighted by molar-refractivity contribution is -0.126. The fourth-order valence-corrected chi connectivity index (χ4v) is 5.48. The van der Waals surface area contributed by atoms with E-state index < -0.39 is 10.0 Å². The fraction of sp³-hybridized carbons (Fsp3) is 0.500. The molecule has 172 valence electrons. The number of carbonyl (C=O) groups is 1. The minimum Gasteiger partial charge on any atom is -0.465 e. The molecule has 3 heterocycles. The van der Waals surface area contributed by atoms with Crippen LogP contribution in [0, 0.1) is 12.8 Å². The van der Waals surface area contributed by atoms with Gasteiger partial charge in [-0.05, 0) is 63.4 Å². The van der Waals surface area contributed by atoms with Gasteiger partial charge < -0.3 is 9.73 Å². The molecule has 0 spiro atoms. The van der Waals surface area contributed by atoms with Crippen molar-refractivity contribution in [2.75, 3.05) is 13.1 Å². The van der Waals surface area contributed by atoms with Crippen LogP contribution in [0.25, 0.3) is 11.0 Å². The van der Waals surface area contributed by atoms with Crippen LogP contribution in [-0.4, -0.2) is 46.7 Å². The largest absolute Gasteiger partial charge is 0.465 e. The predicted molar refractivity (Wildman–Crippen MR) is 119 cm³/mol. The first kappa shape index (κ1) is 22.5. The Labute approximate surface area is 187 Å². The topological polar surface area (TPSA) is 110 Å². The number of furan rings is 1. The summed E-state index contributed by atoms with van der Waals surface area (Å²) in [6.45, 7) is 6.92. The molecule has 9 nitrogen and oxygen atoms in total. The zero-order valence-electron chi connectivity index (χ0n) is 18.6. The Bertz CT molecular complexity index is 1210. The molecule has 10 heteroatoms. The van der Waals surface area contributed by atoms with Gasteiger partial charge in [-0.15, -0.1) is 5.10 Å². The van der Waals surface area contributed by atoms with E-state index in [1.165, 1.54) is 4.31 Å². The molecule has 32 heavy (non-hydrogen) atoms. The number of aryl methyl sites for hydroxylation is 1. The standard InChI is InChI=1S/C22H29N5O4S/c1-4-15(2)27-21-8-7-19(13-20(21)24-25-27)32(29,30)26-11-9-17(10-12-26)22(28)23-14-18-6-5-16(3)31-18/h5-8,13,15,17H,4,9-12,14H2,1-3H3,(H,23,28). The van der Waals surface area contributed by atoms with Crippen molar-refractivity contribution < 1.29 is 17.6 Å². The zero-order valence-corrected chi connectivity index (χ0v) is 19.4. The predicted octanol–water partition coefficient (Wildman–Crippen LogP) is 3.02. The second kappa shape index (κ2) is 9.03. The molecule has 1 atom stereocenters. The Morgan fingerprint density at radius 1 is 1.25 bits per heavy atom. The van der Waals surface area contributed by atoms with Crippen molar-refractivity contribution in [2.45, 2.75) is 57.5 Å². The molecule has 1 aliphatic rings. The van der Waals surface area contributed by atoms with Gasteiger partial charge in [0, 0.05) is 19.0 Å². The minimum absolute atomic E-state index is 0.0702. The zero-order chi connectivity index (χ0) is 22.9. The SMILES string of the molecule is CCC(C)n1nnc2cc(S(=O)(=O)N3CCC(C(=O)NCc4ccc(C)o4)CC3)ccc21. The average molecular weight is 460 g/mol. The van der Waals surface area contributed by atoms with E-state index in [2.05, 4.69) is 29.5 Å². The summed E-state index contributed by atoms with van der Waals surface area (Å²) in [5.74, 6) is 1.22. The monoisotopic (exact) mass is 459 g/mol. The van der Waals surface area contributed by atoms with Gasteiger partial charge in [0.05, 0.1) is 23.0 Å². The quantitative estimate of drug-likeness (QED) is 0.581. The van der Waals surface area contributed by atoms with Gasteiger partial charge in [-0.1, -0.05) is 12.1 Å². The molecule has 0 radical (unpaired) electrons. The van der Waals surface area contributed by atoms with Gasteiger partial charge in [0.25, 0.3) is 0 Å². The lowest BCUT2D eigenvalue weighted by Crippen LogP contribution is -2.42. The Hall–Kier alpha value is -2.72. The molecule has 1 N–H and O–H groups in total. The van der Waals surface area contributed by atoms with E-state index in [-0.39, 0.29) is 22.8 Å². The van der Waals surface area contributed by atoms with Crippen LogP contribution >= 0.6 is 0 Å². The highest BCUT2D eigenvalue weighted by Crippen LogP contribution is 2.27. The van der Waals surface area contributed by atoms with E-state index in [1.54, 1.807) is 18.2 Å². The van der Waals surface area contributed by atoms with Crippen molar-refractivity contribution in [3.8, 4) is 0 Å². The highest BCUT2D eigenvalue weighted by Gasteiger charge is 2.32. The van der Waals surface area contributed by atoms with E-state index in [0.717, 1.165) is 17.7 Å². The van der Waals surface area contributed by atoms with Gasteiger partial charge in [0.1, 0.15) is 17.0 Å². The van der Waals surface area contributed by atoms with Crippen LogP contribution in [0.4, 0.5) is 0 Å². The minimum atomic E-state index is -3.66. The van der Waals surface area contributed by atoms with Crippen molar-refractivity contribution in [1.82, 2.24) is 24.6 Å². The van der Waals surface area contributed by atoms with Crippen LogP contribution in [0.1, 0.15) is 50.7 Å². The number of benzene rings is 1. The van der Waals surface area contributed by atoms with Crippen LogP contribution in [-0.2, 0) is 21.4 Å². The Morgan fingerprint density at radius 2 is 2.00 bits per heavy atom. The van der Waals surface area contributed by atoms with Crippen molar-refractivity contribution >= 4 is 27.0 Å². The highest BCUT2D eigenvalue weighted by atomic mass is 32.2.